The first-order valence-corrected chi connectivity index (χ1v) is 11.7. The van der Waals surface area contributed by atoms with Crippen LogP contribution in [0, 0.1) is 5.92 Å². The number of aromatic nitrogens is 2. The molecule has 2 aliphatic heterocycles. The number of allylic oxidation sites excluding steroid dienone is 5. The van der Waals surface area contributed by atoms with Gasteiger partial charge in [-0.25, -0.2) is 9.97 Å². The first-order valence-electron chi connectivity index (χ1n) is 10.8. The predicted molar refractivity (Wildman–Crippen MR) is 129 cm³/mol. The number of hydrogen-bond acceptors (Lipinski definition) is 7. The third-order valence-electron chi connectivity index (χ3n) is 5.90. The Morgan fingerprint density at radius 1 is 1.32 bits per heavy atom. The van der Waals surface area contributed by atoms with Gasteiger partial charge in [-0.2, -0.15) is 0 Å². The largest absolute Gasteiger partial charge is 0.508 e. The summed E-state index contributed by atoms with van der Waals surface area (Å²) in [5, 5.41) is 18.9. The summed E-state index contributed by atoms with van der Waals surface area (Å²) in [6.07, 6.45) is 8.36. The van der Waals surface area contributed by atoms with E-state index in [0.717, 1.165) is 54.8 Å². The first kappa shape index (κ1) is 20.0. The Labute approximate surface area is 187 Å². The summed E-state index contributed by atoms with van der Waals surface area (Å²) < 4.78 is 0. The minimum absolute atomic E-state index is 0.299. The van der Waals surface area contributed by atoms with Gasteiger partial charge in [0, 0.05) is 24.1 Å². The Morgan fingerprint density at radius 2 is 2.23 bits per heavy atom. The Morgan fingerprint density at radius 3 is 3.06 bits per heavy atom. The number of phenolic OH excluding ortho intramolecular Hbond substituents is 1. The van der Waals surface area contributed by atoms with E-state index in [2.05, 4.69) is 53.0 Å². The number of anilines is 3. The van der Waals surface area contributed by atoms with Gasteiger partial charge in [-0.05, 0) is 54.7 Å². The molecule has 2 aromatic rings. The van der Waals surface area contributed by atoms with Crippen LogP contribution in [0.15, 0.2) is 52.8 Å². The number of thioether (sulfide) groups is 1. The van der Waals surface area contributed by atoms with Crippen LogP contribution < -0.4 is 15.5 Å². The van der Waals surface area contributed by atoms with E-state index in [4.69, 9.17) is 9.97 Å². The number of hydrogen-bond donors (Lipinski definition) is 3. The second-order valence-corrected chi connectivity index (χ2v) is 9.26. The maximum absolute atomic E-state index is 9.72. The molecule has 3 heterocycles. The molecule has 3 aliphatic rings. The van der Waals surface area contributed by atoms with E-state index < -0.39 is 0 Å². The van der Waals surface area contributed by atoms with Crippen LogP contribution >= 0.6 is 11.8 Å². The van der Waals surface area contributed by atoms with Gasteiger partial charge in [0.15, 0.2) is 17.5 Å². The molecule has 6 nitrogen and oxygen atoms in total. The number of aromatic hydroxyl groups is 1. The molecule has 0 saturated heterocycles. The van der Waals surface area contributed by atoms with Gasteiger partial charge in [0.05, 0.1) is 6.67 Å². The monoisotopic (exact) mass is 433 g/mol. The van der Waals surface area contributed by atoms with Crippen molar-refractivity contribution >= 4 is 34.7 Å². The standard InChI is InChI=1S/C24H27N5OS/c1-15(2)29-14-26-21-23(25-11-10-16-6-5-7-17(30)12-16)27-22(28-24(21)29)19-13-31-20-9-4-3-8-18(19)20/h3-7,9,12-13,15,18,26,30H,8,10-11,14H2,1-2H3,(H,25,27,28). The summed E-state index contributed by atoms with van der Waals surface area (Å²) >= 11 is 1.79. The maximum atomic E-state index is 9.72. The average molecular weight is 434 g/mol. The van der Waals surface area contributed by atoms with Crippen molar-refractivity contribution in [3.8, 4) is 5.75 Å². The number of fused-ring (bicyclic) bond motifs is 2. The van der Waals surface area contributed by atoms with Crippen LogP contribution in [0.2, 0.25) is 0 Å². The van der Waals surface area contributed by atoms with Gasteiger partial charge >= 0.3 is 0 Å². The number of benzene rings is 1. The molecule has 1 aliphatic carbocycles. The quantitative estimate of drug-likeness (QED) is 0.593. The first-order chi connectivity index (χ1) is 15.1. The SMILES string of the molecule is CC(C)N1CNc2c(NCCc3cccc(O)c3)nc(C3=CSC4=CC=CCC43)nc21. The van der Waals surface area contributed by atoms with Gasteiger partial charge in [0.2, 0.25) is 0 Å². The third kappa shape index (κ3) is 3.90. The maximum Gasteiger partial charge on any atom is 0.161 e. The molecule has 31 heavy (non-hydrogen) atoms. The zero-order chi connectivity index (χ0) is 21.4. The molecule has 1 aromatic heterocycles. The molecular weight excluding hydrogens is 406 g/mol. The fraction of sp³-hybridized carbons (Fsp3) is 0.333. The van der Waals surface area contributed by atoms with E-state index in [-0.39, 0.29) is 0 Å². The van der Waals surface area contributed by atoms with E-state index in [1.165, 1.54) is 10.5 Å². The lowest BCUT2D eigenvalue weighted by atomic mass is 9.92. The molecule has 7 heteroatoms. The minimum Gasteiger partial charge on any atom is -0.508 e. The molecule has 0 amide bonds. The van der Waals surface area contributed by atoms with Crippen LogP contribution in [0.25, 0.3) is 5.57 Å². The van der Waals surface area contributed by atoms with Crippen molar-refractivity contribution < 1.29 is 5.11 Å². The van der Waals surface area contributed by atoms with Crippen molar-refractivity contribution in [2.24, 2.45) is 5.92 Å². The zero-order valence-corrected chi connectivity index (χ0v) is 18.6. The van der Waals surface area contributed by atoms with Crippen molar-refractivity contribution in [2.75, 3.05) is 28.7 Å². The van der Waals surface area contributed by atoms with E-state index in [9.17, 15) is 5.11 Å². The van der Waals surface area contributed by atoms with Crippen molar-refractivity contribution in [3.05, 3.63) is 64.2 Å². The van der Waals surface area contributed by atoms with Gasteiger partial charge < -0.3 is 20.6 Å². The smallest absolute Gasteiger partial charge is 0.161 e. The van der Waals surface area contributed by atoms with Gasteiger partial charge in [-0.3, -0.25) is 0 Å². The molecule has 0 bridgehead atoms. The fourth-order valence-corrected chi connectivity index (χ4v) is 5.29. The molecule has 160 valence electrons. The van der Waals surface area contributed by atoms with E-state index in [1.54, 1.807) is 23.9 Å². The molecule has 1 aromatic carbocycles. The zero-order valence-electron chi connectivity index (χ0n) is 17.8. The third-order valence-corrected chi connectivity index (χ3v) is 6.96. The molecular formula is C24H27N5OS. The van der Waals surface area contributed by atoms with Gasteiger partial charge in [-0.1, -0.05) is 30.4 Å². The molecule has 1 atom stereocenters. The van der Waals surface area contributed by atoms with Crippen LogP contribution in [0.3, 0.4) is 0 Å². The van der Waals surface area contributed by atoms with Crippen molar-refractivity contribution in [1.29, 1.82) is 0 Å². The topological polar surface area (TPSA) is 73.3 Å². The summed E-state index contributed by atoms with van der Waals surface area (Å²) in [4.78, 5) is 13.6. The lowest BCUT2D eigenvalue weighted by Crippen LogP contribution is -2.30. The molecule has 0 spiro atoms. The highest BCUT2D eigenvalue weighted by molar-refractivity contribution is 8.06. The Hall–Kier alpha value is -2.93. The molecule has 1 unspecified atom stereocenters. The van der Waals surface area contributed by atoms with Crippen LogP contribution in [-0.2, 0) is 6.42 Å². The number of rotatable bonds is 6. The van der Waals surface area contributed by atoms with Crippen molar-refractivity contribution in [2.45, 2.75) is 32.7 Å². The second kappa shape index (κ2) is 8.30. The Bertz CT molecular complexity index is 1090. The molecule has 0 saturated carbocycles. The highest BCUT2D eigenvalue weighted by atomic mass is 32.2. The fourth-order valence-electron chi connectivity index (χ4n) is 4.21. The lowest BCUT2D eigenvalue weighted by molar-refractivity contribution is 0.474. The molecule has 0 radical (unpaired) electrons. The van der Waals surface area contributed by atoms with Crippen LogP contribution in [0.5, 0.6) is 5.75 Å². The predicted octanol–water partition coefficient (Wildman–Crippen LogP) is 4.98. The molecule has 5 rings (SSSR count). The van der Waals surface area contributed by atoms with E-state index in [0.29, 0.717) is 17.7 Å². The highest BCUT2D eigenvalue weighted by Crippen LogP contribution is 2.48. The van der Waals surface area contributed by atoms with Crippen LogP contribution in [0.4, 0.5) is 17.3 Å². The summed E-state index contributed by atoms with van der Waals surface area (Å²) in [7, 11) is 0. The van der Waals surface area contributed by atoms with Gasteiger partial charge in [0.25, 0.3) is 0 Å². The molecule has 0 fully saturated rings. The number of nitrogens with one attached hydrogen (secondary N) is 2. The lowest BCUT2D eigenvalue weighted by Gasteiger charge is -2.23. The summed E-state index contributed by atoms with van der Waals surface area (Å²) in [5.74, 6) is 3.28. The van der Waals surface area contributed by atoms with Gasteiger partial charge in [0.1, 0.15) is 11.4 Å². The summed E-state index contributed by atoms with van der Waals surface area (Å²) in [6.45, 7) is 5.83. The molecule has 3 N–H and O–H groups in total. The summed E-state index contributed by atoms with van der Waals surface area (Å²) in [6, 6.07) is 7.75. The normalized spacial score (nSPS) is 19.1. The number of phenols is 1. The second-order valence-electron chi connectivity index (χ2n) is 8.32. The average Bonchev–Trinajstić information content (AvgIpc) is 3.38. The highest BCUT2D eigenvalue weighted by Gasteiger charge is 2.32. The minimum atomic E-state index is 0.299. The summed E-state index contributed by atoms with van der Waals surface area (Å²) in [5.41, 5.74) is 3.27. The van der Waals surface area contributed by atoms with Crippen LogP contribution in [-0.4, -0.2) is 34.3 Å². The van der Waals surface area contributed by atoms with Crippen molar-refractivity contribution in [1.82, 2.24) is 9.97 Å². The van der Waals surface area contributed by atoms with Crippen LogP contribution in [0.1, 0.15) is 31.7 Å². The van der Waals surface area contributed by atoms with Crippen molar-refractivity contribution in [3.63, 3.8) is 0 Å². The number of nitrogens with zero attached hydrogens (tertiary/aromatic N) is 3. The van der Waals surface area contributed by atoms with Gasteiger partial charge in [-0.15, -0.1) is 11.8 Å². The Kier molecular flexibility index (Phi) is 5.36. The Balaban J connectivity index is 1.44. The van der Waals surface area contributed by atoms with E-state index in [1.807, 2.05) is 12.1 Å². The van der Waals surface area contributed by atoms with E-state index >= 15 is 0 Å².